The van der Waals surface area contributed by atoms with Crippen molar-refractivity contribution in [2.45, 2.75) is 13.8 Å². The van der Waals surface area contributed by atoms with E-state index < -0.39 is 11.9 Å². The Morgan fingerprint density at radius 1 is 0.679 bits per heavy atom. The first kappa shape index (κ1) is 19.2. The maximum Gasteiger partial charge on any atom is 0.343 e. The minimum atomic E-state index is -0.477. The molecule has 0 bridgehead atoms. The molecule has 0 aromatic heterocycles. The summed E-state index contributed by atoms with van der Waals surface area (Å²) in [7, 11) is 1.56. The summed E-state index contributed by atoms with van der Waals surface area (Å²) in [6.45, 7) is 3.73. The van der Waals surface area contributed by atoms with E-state index in [-0.39, 0.29) is 0 Å². The van der Waals surface area contributed by atoms with Crippen LogP contribution in [0.1, 0.15) is 31.8 Å². The average Bonchev–Trinajstić information content (AvgIpc) is 2.70. The molecule has 0 saturated carbocycles. The van der Waals surface area contributed by atoms with Crippen molar-refractivity contribution in [3.8, 4) is 17.2 Å². The first-order valence-corrected chi connectivity index (χ1v) is 8.72. The molecule has 0 N–H and O–H groups in total. The normalized spacial score (nSPS) is 10.2. The standard InChI is InChI=1S/C23H20O5/c1-15-4-6-17(7-5-15)22(24)27-20-12-13-21(16(2)14-20)28-23(25)18-8-10-19(26-3)11-9-18/h4-14H,1-3H3. The zero-order valence-corrected chi connectivity index (χ0v) is 15.9. The third-order valence-corrected chi connectivity index (χ3v) is 4.17. The van der Waals surface area contributed by atoms with Gasteiger partial charge >= 0.3 is 11.9 Å². The SMILES string of the molecule is COc1ccc(C(=O)Oc2ccc(OC(=O)c3ccc(C)cc3)cc2C)cc1. The molecule has 0 radical (unpaired) electrons. The van der Waals surface area contributed by atoms with Crippen molar-refractivity contribution < 1.29 is 23.8 Å². The Kier molecular flexibility index (Phi) is 5.75. The number of carbonyl (C=O) groups is 2. The molecule has 0 aliphatic carbocycles. The molecule has 0 fully saturated rings. The molecule has 5 heteroatoms. The van der Waals surface area contributed by atoms with Gasteiger partial charge in [0, 0.05) is 0 Å². The first-order valence-electron chi connectivity index (χ1n) is 8.72. The van der Waals surface area contributed by atoms with Crippen molar-refractivity contribution >= 4 is 11.9 Å². The maximum absolute atomic E-state index is 12.3. The van der Waals surface area contributed by atoms with E-state index in [9.17, 15) is 9.59 Å². The zero-order valence-electron chi connectivity index (χ0n) is 15.9. The van der Waals surface area contributed by atoms with Gasteiger partial charge in [-0.1, -0.05) is 17.7 Å². The Hall–Kier alpha value is -3.60. The van der Waals surface area contributed by atoms with Gasteiger partial charge in [-0.3, -0.25) is 0 Å². The minimum Gasteiger partial charge on any atom is -0.497 e. The summed E-state index contributed by atoms with van der Waals surface area (Å²) in [5.41, 5.74) is 2.62. The number of aryl methyl sites for hydroxylation is 2. The highest BCUT2D eigenvalue weighted by Gasteiger charge is 2.13. The molecule has 0 unspecified atom stereocenters. The third-order valence-electron chi connectivity index (χ3n) is 4.17. The van der Waals surface area contributed by atoms with Gasteiger partial charge in [-0.25, -0.2) is 9.59 Å². The predicted molar refractivity (Wildman–Crippen MR) is 105 cm³/mol. The van der Waals surface area contributed by atoms with Gasteiger partial charge in [0.15, 0.2) is 0 Å². The highest BCUT2D eigenvalue weighted by atomic mass is 16.5. The van der Waals surface area contributed by atoms with Gasteiger partial charge in [0.1, 0.15) is 17.2 Å². The van der Waals surface area contributed by atoms with Crippen LogP contribution >= 0.6 is 0 Å². The van der Waals surface area contributed by atoms with Gasteiger partial charge in [0.25, 0.3) is 0 Å². The maximum atomic E-state index is 12.3. The lowest BCUT2D eigenvalue weighted by Crippen LogP contribution is -2.10. The fourth-order valence-corrected chi connectivity index (χ4v) is 2.54. The topological polar surface area (TPSA) is 61.8 Å². The van der Waals surface area contributed by atoms with E-state index in [0.29, 0.717) is 33.9 Å². The van der Waals surface area contributed by atoms with Crippen LogP contribution in [0.25, 0.3) is 0 Å². The Morgan fingerprint density at radius 2 is 1.21 bits per heavy atom. The monoisotopic (exact) mass is 376 g/mol. The second-order valence-electron chi connectivity index (χ2n) is 6.30. The smallest absolute Gasteiger partial charge is 0.343 e. The Labute approximate surface area is 163 Å². The molecule has 0 aliphatic heterocycles. The van der Waals surface area contributed by atoms with Crippen LogP contribution < -0.4 is 14.2 Å². The number of rotatable bonds is 5. The molecule has 0 spiro atoms. The van der Waals surface area contributed by atoms with Crippen molar-refractivity contribution in [2.24, 2.45) is 0 Å². The highest BCUT2D eigenvalue weighted by Crippen LogP contribution is 2.25. The van der Waals surface area contributed by atoms with Gasteiger partial charge < -0.3 is 14.2 Å². The fraction of sp³-hybridized carbons (Fsp3) is 0.130. The summed E-state index contributed by atoms with van der Waals surface area (Å²) >= 11 is 0. The number of hydrogen-bond donors (Lipinski definition) is 0. The highest BCUT2D eigenvalue weighted by molar-refractivity contribution is 5.92. The summed E-state index contributed by atoms with van der Waals surface area (Å²) in [6.07, 6.45) is 0. The molecule has 5 nitrogen and oxygen atoms in total. The number of methoxy groups -OCH3 is 1. The minimum absolute atomic E-state index is 0.382. The van der Waals surface area contributed by atoms with Crippen LogP contribution in [0.3, 0.4) is 0 Å². The van der Waals surface area contributed by atoms with Crippen molar-refractivity contribution in [1.29, 1.82) is 0 Å². The molecule has 142 valence electrons. The number of benzene rings is 3. The molecule has 3 aromatic rings. The Morgan fingerprint density at radius 3 is 1.79 bits per heavy atom. The number of carbonyl (C=O) groups excluding carboxylic acids is 2. The molecular weight excluding hydrogens is 356 g/mol. The summed E-state index contributed by atoms with van der Waals surface area (Å²) < 4.78 is 15.9. The van der Waals surface area contributed by atoms with E-state index >= 15 is 0 Å². The molecule has 0 saturated heterocycles. The van der Waals surface area contributed by atoms with Gasteiger partial charge in [-0.2, -0.15) is 0 Å². The summed E-state index contributed by atoms with van der Waals surface area (Å²) in [4.78, 5) is 24.5. The third kappa shape index (κ3) is 4.57. The Bertz CT molecular complexity index is 989. The molecule has 0 aliphatic rings. The van der Waals surface area contributed by atoms with Gasteiger partial charge in [0.2, 0.25) is 0 Å². The van der Waals surface area contributed by atoms with Crippen molar-refractivity contribution in [3.05, 3.63) is 89.0 Å². The second kappa shape index (κ2) is 8.39. The fourth-order valence-electron chi connectivity index (χ4n) is 2.54. The van der Waals surface area contributed by atoms with Crippen molar-refractivity contribution in [2.75, 3.05) is 7.11 Å². The van der Waals surface area contributed by atoms with E-state index in [4.69, 9.17) is 14.2 Å². The molecule has 0 heterocycles. The molecule has 3 aromatic carbocycles. The quantitative estimate of drug-likeness (QED) is 0.475. The van der Waals surface area contributed by atoms with Crippen LogP contribution in [0.2, 0.25) is 0 Å². The molecule has 3 rings (SSSR count). The molecule has 0 atom stereocenters. The van der Waals surface area contributed by atoms with Crippen LogP contribution in [0.5, 0.6) is 17.2 Å². The van der Waals surface area contributed by atoms with E-state index in [1.165, 1.54) is 0 Å². The number of esters is 2. The van der Waals surface area contributed by atoms with Crippen LogP contribution in [0, 0.1) is 13.8 Å². The average molecular weight is 376 g/mol. The summed E-state index contributed by atoms with van der Waals surface area (Å²) in [6, 6.07) is 18.6. The lowest BCUT2D eigenvalue weighted by atomic mass is 10.1. The number of hydrogen-bond acceptors (Lipinski definition) is 5. The van der Waals surface area contributed by atoms with Crippen LogP contribution in [-0.2, 0) is 0 Å². The molecule has 28 heavy (non-hydrogen) atoms. The second-order valence-corrected chi connectivity index (χ2v) is 6.30. The first-order chi connectivity index (χ1) is 13.5. The molecule has 0 amide bonds. The van der Waals surface area contributed by atoms with Gasteiger partial charge in [-0.15, -0.1) is 0 Å². The predicted octanol–water partition coefficient (Wildman–Crippen LogP) is 4.75. The van der Waals surface area contributed by atoms with Crippen LogP contribution in [-0.4, -0.2) is 19.0 Å². The Balaban J connectivity index is 1.68. The lowest BCUT2D eigenvalue weighted by Gasteiger charge is -2.10. The lowest BCUT2D eigenvalue weighted by molar-refractivity contribution is 0.0718. The van der Waals surface area contributed by atoms with Crippen LogP contribution in [0.4, 0.5) is 0 Å². The van der Waals surface area contributed by atoms with Crippen molar-refractivity contribution in [1.82, 2.24) is 0 Å². The van der Waals surface area contributed by atoms with E-state index in [1.807, 2.05) is 19.1 Å². The number of ether oxygens (including phenoxy) is 3. The van der Waals surface area contributed by atoms with Gasteiger partial charge in [-0.05, 0) is 74.0 Å². The zero-order chi connectivity index (χ0) is 20.1. The van der Waals surface area contributed by atoms with Crippen LogP contribution in [0.15, 0.2) is 66.7 Å². The summed E-state index contributed by atoms with van der Waals surface area (Å²) in [5.74, 6) is 0.522. The largest absolute Gasteiger partial charge is 0.497 e. The van der Waals surface area contributed by atoms with E-state index in [2.05, 4.69) is 0 Å². The van der Waals surface area contributed by atoms with E-state index in [0.717, 1.165) is 5.56 Å². The van der Waals surface area contributed by atoms with E-state index in [1.54, 1.807) is 68.6 Å². The summed E-state index contributed by atoms with van der Waals surface area (Å²) in [5, 5.41) is 0. The van der Waals surface area contributed by atoms with Gasteiger partial charge in [0.05, 0.1) is 18.2 Å². The molecular formula is C23H20O5. The van der Waals surface area contributed by atoms with Crippen molar-refractivity contribution in [3.63, 3.8) is 0 Å².